The quantitative estimate of drug-likeness (QED) is 0.777. The fourth-order valence-corrected chi connectivity index (χ4v) is 3.41. The molecule has 1 saturated carbocycles. The number of rotatable bonds is 6. The molecule has 1 saturated heterocycles. The number of nitrogens with zero attached hydrogens (tertiary/aromatic N) is 5. The molecule has 2 aliphatic rings. The molecule has 8 heteroatoms. The molecule has 25 heavy (non-hydrogen) atoms. The highest BCUT2D eigenvalue weighted by Gasteiger charge is 2.45. The smallest absolute Gasteiger partial charge is 0.360 e. The van der Waals surface area contributed by atoms with Crippen molar-refractivity contribution in [1.29, 1.82) is 0 Å². The Morgan fingerprint density at radius 1 is 1.36 bits per heavy atom. The van der Waals surface area contributed by atoms with Crippen molar-refractivity contribution in [3.63, 3.8) is 0 Å². The summed E-state index contributed by atoms with van der Waals surface area (Å²) in [6.07, 6.45) is 2.89. The number of anilines is 1. The molecular formula is C17H21N5O3. The third kappa shape index (κ3) is 3.21. The number of ether oxygens (including phenoxy) is 1. The lowest BCUT2D eigenvalue weighted by molar-refractivity contribution is 0.0519. The van der Waals surface area contributed by atoms with Gasteiger partial charge in [0.15, 0.2) is 5.69 Å². The first kappa shape index (κ1) is 16.0. The number of fused-ring (bicyclic) bond motifs is 1. The van der Waals surface area contributed by atoms with E-state index < -0.39 is 5.97 Å². The molecule has 0 radical (unpaired) electrons. The Morgan fingerprint density at radius 3 is 2.88 bits per heavy atom. The molecule has 8 nitrogen and oxygen atoms in total. The normalized spacial score (nSPS) is 21.3. The zero-order valence-corrected chi connectivity index (χ0v) is 14.1. The van der Waals surface area contributed by atoms with Gasteiger partial charge in [0.25, 0.3) is 0 Å². The Balaban J connectivity index is 1.49. The number of piperidine rings is 1. The summed E-state index contributed by atoms with van der Waals surface area (Å²) in [5.74, 6) is 2.09. The van der Waals surface area contributed by atoms with Crippen LogP contribution >= 0.6 is 0 Å². The molecule has 3 heterocycles. The van der Waals surface area contributed by atoms with Gasteiger partial charge in [-0.25, -0.2) is 14.5 Å². The summed E-state index contributed by atoms with van der Waals surface area (Å²) in [5.41, 5.74) is 1.66. The van der Waals surface area contributed by atoms with Gasteiger partial charge in [-0.05, 0) is 36.8 Å². The van der Waals surface area contributed by atoms with Crippen LogP contribution in [0.4, 0.5) is 5.82 Å². The number of carbonyl (C=O) groups is 1. The number of hydrogen-bond donors (Lipinski definition) is 1. The van der Waals surface area contributed by atoms with E-state index in [1.54, 1.807) is 17.8 Å². The molecule has 0 amide bonds. The van der Waals surface area contributed by atoms with E-state index in [9.17, 15) is 9.90 Å². The Morgan fingerprint density at radius 2 is 2.16 bits per heavy atom. The van der Waals surface area contributed by atoms with E-state index in [0.717, 1.165) is 36.3 Å². The van der Waals surface area contributed by atoms with Crippen LogP contribution in [0.2, 0.25) is 0 Å². The van der Waals surface area contributed by atoms with Gasteiger partial charge >= 0.3 is 5.97 Å². The first-order valence-corrected chi connectivity index (χ1v) is 8.59. The van der Waals surface area contributed by atoms with Crippen LogP contribution in [0.5, 0.6) is 0 Å². The van der Waals surface area contributed by atoms with Gasteiger partial charge in [-0.1, -0.05) is 11.3 Å². The van der Waals surface area contributed by atoms with Gasteiger partial charge in [-0.3, -0.25) is 0 Å². The minimum atomic E-state index is -0.489. The van der Waals surface area contributed by atoms with Crippen LogP contribution in [0, 0.1) is 11.8 Å². The molecule has 0 spiro atoms. The van der Waals surface area contributed by atoms with Crippen LogP contribution < -0.4 is 4.90 Å². The molecule has 0 bridgehead atoms. The summed E-state index contributed by atoms with van der Waals surface area (Å²) in [6, 6.07) is 3.95. The number of hydrogen-bond acceptors (Lipinski definition) is 7. The van der Waals surface area contributed by atoms with E-state index in [-0.39, 0.29) is 12.3 Å². The highest BCUT2D eigenvalue weighted by atomic mass is 16.5. The molecule has 1 N–H and O–H groups in total. The van der Waals surface area contributed by atoms with E-state index in [0.29, 0.717) is 18.8 Å². The van der Waals surface area contributed by atoms with Gasteiger partial charge in [0.1, 0.15) is 5.82 Å². The molecule has 2 atom stereocenters. The maximum Gasteiger partial charge on any atom is 0.360 e. The highest BCUT2D eigenvalue weighted by molar-refractivity contribution is 5.86. The molecular weight excluding hydrogens is 322 g/mol. The van der Waals surface area contributed by atoms with Gasteiger partial charge in [0.05, 0.1) is 31.6 Å². The van der Waals surface area contributed by atoms with Crippen LogP contribution in [0.3, 0.4) is 0 Å². The van der Waals surface area contributed by atoms with Crippen molar-refractivity contribution in [2.45, 2.75) is 26.5 Å². The lowest BCUT2D eigenvalue weighted by Gasteiger charge is -2.20. The largest absolute Gasteiger partial charge is 0.461 e. The van der Waals surface area contributed by atoms with E-state index in [2.05, 4.69) is 20.2 Å². The Labute approximate surface area is 145 Å². The van der Waals surface area contributed by atoms with Crippen LogP contribution in [0.25, 0.3) is 0 Å². The van der Waals surface area contributed by atoms with Crippen LogP contribution in [-0.4, -0.2) is 50.8 Å². The van der Waals surface area contributed by atoms with Gasteiger partial charge in [-0.2, -0.15) is 0 Å². The number of aliphatic hydroxyl groups is 1. The number of aliphatic hydroxyl groups excluding tert-OH is 1. The standard InChI is InChI=1S/C17H21N5O3/c1-2-25-17(24)14-9-22(20-19-14)8-11-3-4-16(18-15(11)10-23)21-6-12-5-13(12)7-21/h3-4,9,12-13,23H,2,5-8,10H2,1H3. The molecule has 4 rings (SSSR count). The van der Waals surface area contributed by atoms with Crippen molar-refractivity contribution in [2.24, 2.45) is 11.8 Å². The number of esters is 1. The SMILES string of the molecule is CCOC(=O)c1cn(Cc2ccc(N3CC4CC4C3)nc2CO)nn1. The van der Waals surface area contributed by atoms with Crippen LogP contribution in [0.15, 0.2) is 18.3 Å². The Bertz CT molecular complexity index is 780. The zero-order chi connectivity index (χ0) is 17.4. The predicted octanol–water partition coefficient (Wildman–Crippen LogP) is 0.847. The fraction of sp³-hybridized carbons (Fsp3) is 0.529. The molecule has 2 aromatic rings. The zero-order valence-electron chi connectivity index (χ0n) is 14.1. The predicted molar refractivity (Wildman–Crippen MR) is 89.1 cm³/mol. The third-order valence-corrected chi connectivity index (χ3v) is 4.86. The molecule has 2 unspecified atom stereocenters. The molecule has 132 valence electrons. The van der Waals surface area contributed by atoms with Crippen LogP contribution in [-0.2, 0) is 17.9 Å². The van der Waals surface area contributed by atoms with Gasteiger partial charge in [0.2, 0.25) is 0 Å². The lowest BCUT2D eigenvalue weighted by atomic mass is 10.2. The van der Waals surface area contributed by atoms with E-state index >= 15 is 0 Å². The summed E-state index contributed by atoms with van der Waals surface area (Å²) in [4.78, 5) is 18.6. The highest BCUT2D eigenvalue weighted by Crippen LogP contribution is 2.45. The van der Waals surface area contributed by atoms with Crippen molar-refractivity contribution in [2.75, 3.05) is 24.6 Å². The number of carbonyl (C=O) groups excluding carboxylic acids is 1. The van der Waals surface area contributed by atoms with Crippen molar-refractivity contribution >= 4 is 11.8 Å². The Kier molecular flexibility index (Phi) is 4.12. The average Bonchev–Trinajstić information content (AvgIpc) is 3.02. The second-order valence-electron chi connectivity index (χ2n) is 6.62. The minimum Gasteiger partial charge on any atom is -0.461 e. The topological polar surface area (TPSA) is 93.4 Å². The summed E-state index contributed by atoms with van der Waals surface area (Å²) >= 11 is 0. The molecule has 1 aliphatic heterocycles. The van der Waals surface area contributed by atoms with E-state index in [1.807, 2.05) is 12.1 Å². The number of pyridine rings is 1. The van der Waals surface area contributed by atoms with Crippen LogP contribution in [0.1, 0.15) is 35.1 Å². The van der Waals surface area contributed by atoms with Gasteiger partial charge < -0.3 is 14.7 Å². The van der Waals surface area contributed by atoms with Gasteiger partial charge in [0, 0.05) is 13.1 Å². The summed E-state index contributed by atoms with van der Waals surface area (Å²) in [6.45, 7) is 4.42. The monoisotopic (exact) mass is 343 g/mol. The molecule has 2 aromatic heterocycles. The minimum absolute atomic E-state index is 0.136. The average molecular weight is 343 g/mol. The van der Waals surface area contributed by atoms with E-state index in [1.165, 1.54) is 6.42 Å². The first-order chi connectivity index (χ1) is 12.2. The molecule has 2 fully saturated rings. The second-order valence-corrected chi connectivity index (χ2v) is 6.62. The summed E-state index contributed by atoms with van der Waals surface area (Å²) in [7, 11) is 0. The lowest BCUT2D eigenvalue weighted by Crippen LogP contribution is -2.23. The first-order valence-electron chi connectivity index (χ1n) is 8.59. The van der Waals surface area contributed by atoms with Crippen molar-refractivity contribution in [1.82, 2.24) is 20.0 Å². The van der Waals surface area contributed by atoms with Crippen molar-refractivity contribution in [3.8, 4) is 0 Å². The Hall–Kier alpha value is -2.48. The van der Waals surface area contributed by atoms with Gasteiger partial charge in [-0.15, -0.1) is 5.10 Å². The fourth-order valence-electron chi connectivity index (χ4n) is 3.41. The third-order valence-electron chi connectivity index (χ3n) is 4.86. The number of aromatic nitrogens is 4. The van der Waals surface area contributed by atoms with Crippen molar-refractivity contribution < 1.29 is 14.6 Å². The maximum absolute atomic E-state index is 11.7. The van der Waals surface area contributed by atoms with E-state index in [4.69, 9.17) is 4.74 Å². The van der Waals surface area contributed by atoms with Crippen molar-refractivity contribution in [3.05, 3.63) is 35.3 Å². The second kappa shape index (κ2) is 6.44. The summed E-state index contributed by atoms with van der Waals surface area (Å²) in [5, 5.41) is 17.5. The maximum atomic E-state index is 11.7. The molecule has 1 aliphatic carbocycles. The molecule has 0 aromatic carbocycles. The summed E-state index contributed by atoms with van der Waals surface area (Å²) < 4.78 is 6.46.